The molecule has 0 fully saturated rings. The van der Waals surface area contributed by atoms with Crippen molar-refractivity contribution in [1.82, 2.24) is 4.98 Å². The van der Waals surface area contributed by atoms with Gasteiger partial charge in [-0.1, -0.05) is 22.0 Å². The third-order valence-electron chi connectivity index (χ3n) is 3.53. The van der Waals surface area contributed by atoms with Crippen LogP contribution in [0.5, 0.6) is 5.75 Å². The molecule has 3 nitrogen and oxygen atoms in total. The van der Waals surface area contributed by atoms with Crippen LogP contribution in [-0.4, -0.2) is 12.1 Å². The standard InChI is InChI=1S/C16H18BrFN2O/c1-9-8-20-15(10(2)16(9)21-3)7-14(19)12-5-4-11(17)6-13(12)18/h4-6,8,14H,7,19H2,1-3H3. The summed E-state index contributed by atoms with van der Waals surface area (Å²) in [6.07, 6.45) is 2.22. The molecule has 1 atom stereocenters. The molecule has 5 heteroatoms. The number of rotatable bonds is 4. The topological polar surface area (TPSA) is 48.1 Å². The molecule has 2 N–H and O–H groups in total. The molecule has 0 amide bonds. The third kappa shape index (κ3) is 3.41. The summed E-state index contributed by atoms with van der Waals surface area (Å²) in [4.78, 5) is 4.41. The van der Waals surface area contributed by atoms with Gasteiger partial charge in [0.1, 0.15) is 11.6 Å². The van der Waals surface area contributed by atoms with Crippen molar-refractivity contribution in [2.45, 2.75) is 26.3 Å². The van der Waals surface area contributed by atoms with E-state index in [1.807, 2.05) is 13.8 Å². The summed E-state index contributed by atoms with van der Waals surface area (Å²) >= 11 is 3.24. The van der Waals surface area contributed by atoms with Crippen LogP contribution < -0.4 is 10.5 Å². The fourth-order valence-electron chi connectivity index (χ4n) is 2.40. The van der Waals surface area contributed by atoms with Gasteiger partial charge in [0.25, 0.3) is 0 Å². The Morgan fingerprint density at radius 2 is 2.10 bits per heavy atom. The van der Waals surface area contributed by atoms with Crippen molar-refractivity contribution in [2.24, 2.45) is 5.73 Å². The first-order chi connectivity index (χ1) is 9.93. The molecule has 21 heavy (non-hydrogen) atoms. The fourth-order valence-corrected chi connectivity index (χ4v) is 2.73. The monoisotopic (exact) mass is 352 g/mol. The minimum atomic E-state index is -0.447. The van der Waals surface area contributed by atoms with Crippen LogP contribution in [0, 0.1) is 19.7 Å². The van der Waals surface area contributed by atoms with Crippen molar-refractivity contribution < 1.29 is 9.13 Å². The van der Waals surface area contributed by atoms with Gasteiger partial charge in [0.2, 0.25) is 0 Å². The second-order valence-electron chi connectivity index (χ2n) is 5.02. The number of nitrogens with zero attached hydrogens (tertiary/aromatic N) is 1. The molecular formula is C16H18BrFN2O. The number of benzene rings is 1. The molecule has 0 saturated carbocycles. The van der Waals surface area contributed by atoms with Gasteiger partial charge in [-0.25, -0.2) is 4.39 Å². The second kappa shape index (κ2) is 6.54. The van der Waals surface area contributed by atoms with Crippen molar-refractivity contribution in [1.29, 1.82) is 0 Å². The Bertz CT molecular complexity index is 661. The van der Waals surface area contributed by atoms with E-state index in [4.69, 9.17) is 10.5 Å². The van der Waals surface area contributed by atoms with E-state index in [2.05, 4.69) is 20.9 Å². The van der Waals surface area contributed by atoms with Crippen molar-refractivity contribution in [2.75, 3.05) is 7.11 Å². The van der Waals surface area contributed by atoms with Gasteiger partial charge < -0.3 is 10.5 Å². The minimum Gasteiger partial charge on any atom is -0.496 e. The lowest BCUT2D eigenvalue weighted by molar-refractivity contribution is 0.406. The Kier molecular flexibility index (Phi) is 4.96. The minimum absolute atomic E-state index is 0.311. The molecule has 0 spiro atoms. The molecule has 1 aromatic heterocycles. The molecule has 1 aromatic carbocycles. The van der Waals surface area contributed by atoms with Crippen molar-refractivity contribution >= 4 is 15.9 Å². The predicted molar refractivity (Wildman–Crippen MR) is 85.0 cm³/mol. The van der Waals surface area contributed by atoms with Crippen LogP contribution in [0.4, 0.5) is 4.39 Å². The van der Waals surface area contributed by atoms with E-state index in [1.54, 1.807) is 25.4 Å². The van der Waals surface area contributed by atoms with Crippen LogP contribution in [0.2, 0.25) is 0 Å². The van der Waals surface area contributed by atoms with E-state index < -0.39 is 6.04 Å². The van der Waals surface area contributed by atoms with Crippen LogP contribution in [0.3, 0.4) is 0 Å². The van der Waals surface area contributed by atoms with Gasteiger partial charge in [0.15, 0.2) is 0 Å². The van der Waals surface area contributed by atoms with Crippen molar-refractivity contribution in [3.05, 3.63) is 57.1 Å². The lowest BCUT2D eigenvalue weighted by Crippen LogP contribution is -2.16. The number of hydrogen-bond acceptors (Lipinski definition) is 3. The van der Waals surface area contributed by atoms with Crippen LogP contribution in [0.15, 0.2) is 28.9 Å². The van der Waals surface area contributed by atoms with Crippen LogP contribution >= 0.6 is 15.9 Å². The largest absolute Gasteiger partial charge is 0.496 e. The van der Waals surface area contributed by atoms with Gasteiger partial charge in [-0.2, -0.15) is 0 Å². The summed E-state index contributed by atoms with van der Waals surface area (Å²) in [5.74, 6) is 0.497. The normalized spacial score (nSPS) is 12.3. The van der Waals surface area contributed by atoms with Gasteiger partial charge in [-0.3, -0.25) is 4.98 Å². The maximum absolute atomic E-state index is 14.0. The van der Waals surface area contributed by atoms with E-state index in [0.717, 1.165) is 22.6 Å². The molecule has 2 aromatic rings. The predicted octanol–water partition coefficient (Wildman–Crippen LogP) is 3.85. The number of aromatic nitrogens is 1. The zero-order chi connectivity index (χ0) is 15.6. The lowest BCUT2D eigenvalue weighted by Gasteiger charge is -2.16. The van der Waals surface area contributed by atoms with Crippen LogP contribution in [-0.2, 0) is 6.42 Å². The fraction of sp³-hybridized carbons (Fsp3) is 0.312. The smallest absolute Gasteiger partial charge is 0.129 e. The SMILES string of the molecule is COc1c(C)cnc(CC(N)c2ccc(Br)cc2F)c1C. The molecule has 0 aliphatic heterocycles. The average molecular weight is 353 g/mol. The second-order valence-corrected chi connectivity index (χ2v) is 5.94. The summed E-state index contributed by atoms with van der Waals surface area (Å²) in [6.45, 7) is 3.88. The third-order valence-corrected chi connectivity index (χ3v) is 4.02. The number of halogens is 2. The zero-order valence-electron chi connectivity index (χ0n) is 12.3. The molecule has 0 aliphatic rings. The Hall–Kier alpha value is -1.46. The highest BCUT2D eigenvalue weighted by atomic mass is 79.9. The highest BCUT2D eigenvalue weighted by molar-refractivity contribution is 9.10. The van der Waals surface area contributed by atoms with Gasteiger partial charge in [-0.05, 0) is 26.0 Å². The Morgan fingerprint density at radius 1 is 1.38 bits per heavy atom. The lowest BCUT2D eigenvalue weighted by atomic mass is 9.99. The van der Waals surface area contributed by atoms with Crippen LogP contribution in [0.25, 0.3) is 0 Å². The summed E-state index contributed by atoms with van der Waals surface area (Å²) in [6, 6.07) is 4.46. The summed E-state index contributed by atoms with van der Waals surface area (Å²) in [5, 5.41) is 0. The first-order valence-electron chi connectivity index (χ1n) is 6.63. The van der Waals surface area contributed by atoms with E-state index in [1.165, 1.54) is 6.07 Å². The van der Waals surface area contributed by atoms with Crippen molar-refractivity contribution in [3.8, 4) is 5.75 Å². The maximum atomic E-state index is 14.0. The first-order valence-corrected chi connectivity index (χ1v) is 7.43. The Labute approximate surface area is 132 Å². The van der Waals surface area contributed by atoms with Crippen molar-refractivity contribution in [3.63, 3.8) is 0 Å². The molecule has 0 aliphatic carbocycles. The average Bonchev–Trinajstić information content (AvgIpc) is 2.42. The quantitative estimate of drug-likeness (QED) is 0.908. The molecule has 1 heterocycles. The number of hydrogen-bond donors (Lipinski definition) is 1. The number of pyridine rings is 1. The molecule has 0 saturated heterocycles. The van der Waals surface area contributed by atoms with Gasteiger partial charge in [-0.15, -0.1) is 0 Å². The number of aryl methyl sites for hydroxylation is 1. The van der Waals surface area contributed by atoms with E-state index in [-0.39, 0.29) is 5.82 Å². The van der Waals surface area contributed by atoms with Crippen LogP contribution in [0.1, 0.15) is 28.4 Å². The molecular weight excluding hydrogens is 335 g/mol. The molecule has 0 bridgehead atoms. The number of methoxy groups -OCH3 is 1. The number of ether oxygens (including phenoxy) is 1. The molecule has 1 unspecified atom stereocenters. The van der Waals surface area contributed by atoms with Gasteiger partial charge in [0.05, 0.1) is 7.11 Å². The summed E-state index contributed by atoms with van der Waals surface area (Å²) in [5.41, 5.74) is 9.38. The maximum Gasteiger partial charge on any atom is 0.129 e. The first kappa shape index (κ1) is 15.9. The zero-order valence-corrected chi connectivity index (χ0v) is 13.9. The highest BCUT2D eigenvalue weighted by Crippen LogP contribution is 2.27. The van der Waals surface area contributed by atoms with E-state index in [9.17, 15) is 4.39 Å². The molecule has 0 radical (unpaired) electrons. The van der Waals surface area contributed by atoms with E-state index >= 15 is 0 Å². The van der Waals surface area contributed by atoms with E-state index in [0.29, 0.717) is 16.5 Å². The Morgan fingerprint density at radius 3 is 2.71 bits per heavy atom. The van der Waals surface area contributed by atoms with Gasteiger partial charge in [0, 0.05) is 45.5 Å². The molecule has 112 valence electrons. The van der Waals surface area contributed by atoms with Gasteiger partial charge >= 0.3 is 0 Å². The molecule has 2 rings (SSSR count). The number of nitrogens with two attached hydrogens (primary N) is 1. The highest BCUT2D eigenvalue weighted by Gasteiger charge is 2.16. The Balaban J connectivity index is 2.29. The summed E-state index contributed by atoms with van der Waals surface area (Å²) < 4.78 is 20.0. The summed E-state index contributed by atoms with van der Waals surface area (Å²) in [7, 11) is 1.63.